The van der Waals surface area contributed by atoms with Crippen LogP contribution in [0.1, 0.15) is 53.4 Å². The van der Waals surface area contributed by atoms with Crippen LogP contribution in [-0.2, 0) is 9.53 Å². The summed E-state index contributed by atoms with van der Waals surface area (Å²) < 4.78 is 11.3. The van der Waals surface area contributed by atoms with Crippen molar-refractivity contribution in [2.75, 3.05) is 18.5 Å². The van der Waals surface area contributed by atoms with Gasteiger partial charge in [0.2, 0.25) is 0 Å². The molecule has 0 bridgehead atoms. The zero-order chi connectivity index (χ0) is 16.4. The van der Waals surface area contributed by atoms with Gasteiger partial charge in [-0.05, 0) is 50.5 Å². The molecule has 0 saturated carbocycles. The number of hydrogen-bond acceptors (Lipinski definition) is 3. The summed E-state index contributed by atoms with van der Waals surface area (Å²) in [6.07, 6.45) is 3.48. The van der Waals surface area contributed by atoms with E-state index in [1.165, 1.54) is 0 Å². The Hall–Kier alpha value is -1.55. The van der Waals surface area contributed by atoms with Crippen molar-refractivity contribution in [3.05, 3.63) is 24.3 Å². The highest BCUT2D eigenvalue weighted by Gasteiger charge is 2.33. The van der Waals surface area contributed by atoms with Crippen LogP contribution < -0.4 is 10.1 Å². The monoisotopic (exact) mass is 307 g/mol. The summed E-state index contributed by atoms with van der Waals surface area (Å²) >= 11 is 0. The minimum atomic E-state index is -0.776. The van der Waals surface area contributed by atoms with E-state index in [4.69, 9.17) is 9.47 Å². The molecular formula is C18H29NO3. The fourth-order valence-electron chi connectivity index (χ4n) is 2.17. The highest BCUT2D eigenvalue weighted by atomic mass is 16.5. The quantitative estimate of drug-likeness (QED) is 0.697. The number of ether oxygens (including phenoxy) is 2. The molecule has 0 fully saturated rings. The lowest BCUT2D eigenvalue weighted by Gasteiger charge is -2.28. The third-order valence-electron chi connectivity index (χ3n) is 3.42. The van der Waals surface area contributed by atoms with Crippen molar-refractivity contribution in [2.24, 2.45) is 0 Å². The molecule has 1 amide bonds. The van der Waals surface area contributed by atoms with Gasteiger partial charge in [-0.2, -0.15) is 0 Å². The molecule has 0 aliphatic heterocycles. The van der Waals surface area contributed by atoms with E-state index in [-0.39, 0.29) is 5.91 Å². The van der Waals surface area contributed by atoms with Crippen molar-refractivity contribution in [1.29, 1.82) is 0 Å². The van der Waals surface area contributed by atoms with Gasteiger partial charge in [-0.15, -0.1) is 0 Å². The Morgan fingerprint density at radius 2 is 1.68 bits per heavy atom. The van der Waals surface area contributed by atoms with Gasteiger partial charge in [0.15, 0.2) is 0 Å². The van der Waals surface area contributed by atoms with E-state index in [9.17, 15) is 4.79 Å². The second kappa shape index (κ2) is 9.46. The molecule has 0 aromatic heterocycles. The predicted octanol–water partition coefficient (Wildman–Crippen LogP) is 4.40. The maximum atomic E-state index is 12.5. The van der Waals surface area contributed by atoms with E-state index in [2.05, 4.69) is 19.2 Å². The third kappa shape index (κ3) is 5.68. The van der Waals surface area contributed by atoms with E-state index in [0.717, 1.165) is 30.7 Å². The summed E-state index contributed by atoms with van der Waals surface area (Å²) in [6, 6.07) is 7.45. The van der Waals surface area contributed by atoms with Gasteiger partial charge in [0.25, 0.3) is 5.91 Å². The van der Waals surface area contributed by atoms with Crippen molar-refractivity contribution in [1.82, 2.24) is 0 Å². The number of carbonyl (C=O) groups excluding carboxylic acids is 1. The normalized spacial score (nSPS) is 13.5. The van der Waals surface area contributed by atoms with Gasteiger partial charge in [0.05, 0.1) is 6.61 Å². The molecule has 1 N–H and O–H groups in total. The Bertz CT molecular complexity index is 444. The highest BCUT2D eigenvalue weighted by Crippen LogP contribution is 2.22. The fourth-order valence-corrected chi connectivity index (χ4v) is 2.17. The van der Waals surface area contributed by atoms with Gasteiger partial charge in [0, 0.05) is 12.3 Å². The van der Waals surface area contributed by atoms with Crippen LogP contribution in [0.4, 0.5) is 5.69 Å². The Kier molecular flexibility index (Phi) is 7.96. The summed E-state index contributed by atoms with van der Waals surface area (Å²) in [4.78, 5) is 12.5. The number of benzene rings is 1. The molecule has 22 heavy (non-hydrogen) atoms. The average Bonchev–Trinajstić information content (AvgIpc) is 2.52. The summed E-state index contributed by atoms with van der Waals surface area (Å²) in [7, 11) is 0. The Morgan fingerprint density at radius 3 is 2.23 bits per heavy atom. The fraction of sp³-hybridized carbons (Fsp3) is 0.611. The van der Waals surface area contributed by atoms with Gasteiger partial charge >= 0.3 is 0 Å². The molecule has 0 heterocycles. The van der Waals surface area contributed by atoms with Crippen LogP contribution >= 0.6 is 0 Å². The van der Waals surface area contributed by atoms with Crippen molar-refractivity contribution in [2.45, 2.75) is 59.0 Å². The van der Waals surface area contributed by atoms with Gasteiger partial charge in [-0.1, -0.05) is 27.2 Å². The molecule has 0 aliphatic carbocycles. The molecule has 1 aromatic carbocycles. The van der Waals surface area contributed by atoms with Crippen LogP contribution in [0.25, 0.3) is 0 Å². The number of carbonyl (C=O) groups is 1. The Balaban J connectivity index is 2.68. The number of anilines is 1. The lowest BCUT2D eigenvalue weighted by molar-refractivity contribution is -0.140. The second-order valence-corrected chi connectivity index (χ2v) is 5.66. The first-order valence-electron chi connectivity index (χ1n) is 8.24. The average molecular weight is 307 g/mol. The number of nitrogens with one attached hydrogen (secondary N) is 1. The van der Waals surface area contributed by atoms with Gasteiger partial charge in [0.1, 0.15) is 11.4 Å². The smallest absolute Gasteiger partial charge is 0.256 e. The number of amides is 1. The van der Waals surface area contributed by atoms with E-state index in [1.54, 1.807) is 0 Å². The van der Waals surface area contributed by atoms with E-state index in [1.807, 2.05) is 38.1 Å². The topological polar surface area (TPSA) is 47.6 Å². The lowest BCUT2D eigenvalue weighted by atomic mass is 9.99. The largest absolute Gasteiger partial charge is 0.494 e. The highest BCUT2D eigenvalue weighted by molar-refractivity contribution is 5.97. The molecule has 4 nitrogen and oxygen atoms in total. The summed E-state index contributed by atoms with van der Waals surface area (Å²) in [5.74, 6) is 0.725. The first-order chi connectivity index (χ1) is 10.6. The molecular weight excluding hydrogens is 278 g/mol. The van der Waals surface area contributed by atoms with Crippen LogP contribution in [0, 0.1) is 0 Å². The predicted molar refractivity (Wildman–Crippen MR) is 90.4 cm³/mol. The molecule has 0 spiro atoms. The molecule has 0 unspecified atom stereocenters. The molecule has 0 radical (unpaired) electrons. The lowest BCUT2D eigenvalue weighted by Crippen LogP contribution is -2.43. The summed E-state index contributed by atoms with van der Waals surface area (Å²) in [5.41, 5.74) is -0.0152. The molecule has 124 valence electrons. The SMILES string of the molecule is CCCOc1ccc(NC(=O)[C@@](C)(CCC)OCCC)cc1. The first-order valence-corrected chi connectivity index (χ1v) is 8.24. The summed E-state index contributed by atoms with van der Waals surface area (Å²) in [5, 5.41) is 2.94. The molecule has 1 aromatic rings. The molecule has 1 atom stereocenters. The van der Waals surface area contributed by atoms with Crippen molar-refractivity contribution < 1.29 is 14.3 Å². The van der Waals surface area contributed by atoms with Crippen LogP contribution in [-0.4, -0.2) is 24.7 Å². The maximum Gasteiger partial charge on any atom is 0.256 e. The van der Waals surface area contributed by atoms with Crippen molar-refractivity contribution in [3.8, 4) is 5.75 Å². The van der Waals surface area contributed by atoms with Crippen molar-refractivity contribution in [3.63, 3.8) is 0 Å². The standard InChI is InChI=1S/C18H29NO3/c1-5-12-18(4,22-14-7-3)17(20)19-15-8-10-16(11-9-15)21-13-6-2/h8-11H,5-7,12-14H2,1-4H3,(H,19,20)/t18-/m1/s1. The zero-order valence-electron chi connectivity index (χ0n) is 14.3. The van der Waals surface area contributed by atoms with Crippen LogP contribution in [0.5, 0.6) is 5.75 Å². The van der Waals surface area contributed by atoms with Crippen LogP contribution in [0.2, 0.25) is 0 Å². The minimum absolute atomic E-state index is 0.0926. The van der Waals surface area contributed by atoms with E-state index in [0.29, 0.717) is 19.6 Å². The molecule has 4 heteroatoms. The first kappa shape index (κ1) is 18.5. The molecule has 1 rings (SSSR count). The van der Waals surface area contributed by atoms with E-state index < -0.39 is 5.60 Å². The molecule has 0 aliphatic rings. The van der Waals surface area contributed by atoms with E-state index >= 15 is 0 Å². The molecule has 0 saturated heterocycles. The number of hydrogen-bond donors (Lipinski definition) is 1. The van der Waals surface area contributed by atoms with Gasteiger partial charge < -0.3 is 14.8 Å². The number of rotatable bonds is 10. The maximum absolute atomic E-state index is 12.5. The Labute approximate surface area is 134 Å². The second-order valence-electron chi connectivity index (χ2n) is 5.66. The Morgan fingerprint density at radius 1 is 1.05 bits per heavy atom. The third-order valence-corrected chi connectivity index (χ3v) is 3.42. The van der Waals surface area contributed by atoms with Crippen LogP contribution in [0.15, 0.2) is 24.3 Å². The zero-order valence-corrected chi connectivity index (χ0v) is 14.3. The summed E-state index contributed by atoms with van der Waals surface area (Å²) in [6.45, 7) is 9.32. The van der Waals surface area contributed by atoms with Gasteiger partial charge in [-0.25, -0.2) is 0 Å². The minimum Gasteiger partial charge on any atom is -0.494 e. The van der Waals surface area contributed by atoms with Gasteiger partial charge in [-0.3, -0.25) is 4.79 Å². The van der Waals surface area contributed by atoms with Crippen molar-refractivity contribution >= 4 is 11.6 Å². The van der Waals surface area contributed by atoms with Crippen LogP contribution in [0.3, 0.4) is 0 Å².